The number of amides is 1. The number of anilines is 2. The van der Waals surface area contributed by atoms with Crippen LogP contribution < -0.4 is 10.0 Å². The maximum Gasteiger partial charge on any atom is 0.261 e. The molecule has 30 heavy (non-hydrogen) atoms. The van der Waals surface area contributed by atoms with Gasteiger partial charge in [0.2, 0.25) is 5.91 Å². The predicted molar refractivity (Wildman–Crippen MR) is 117 cm³/mol. The highest BCUT2D eigenvalue weighted by molar-refractivity contribution is 7.92. The van der Waals surface area contributed by atoms with E-state index < -0.39 is 10.0 Å². The van der Waals surface area contributed by atoms with Crippen LogP contribution in [0.5, 0.6) is 0 Å². The molecule has 0 fully saturated rings. The van der Waals surface area contributed by atoms with Gasteiger partial charge in [-0.05, 0) is 73.5 Å². The molecule has 0 heterocycles. The quantitative estimate of drug-likeness (QED) is 0.553. The third-order valence-electron chi connectivity index (χ3n) is 4.36. The zero-order valence-corrected chi connectivity index (χ0v) is 17.3. The van der Waals surface area contributed by atoms with E-state index in [1.807, 2.05) is 26.0 Å². The highest BCUT2D eigenvalue weighted by Gasteiger charge is 2.15. The Morgan fingerprint density at radius 2 is 1.60 bits per heavy atom. The van der Waals surface area contributed by atoms with Crippen LogP contribution in [-0.4, -0.2) is 14.3 Å². The fraction of sp³-hybridized carbons (Fsp3) is 0.0870. The highest BCUT2D eigenvalue weighted by Crippen LogP contribution is 2.22. The minimum atomic E-state index is -3.75. The van der Waals surface area contributed by atoms with Crippen molar-refractivity contribution >= 4 is 33.4 Å². The molecule has 0 spiro atoms. The minimum absolute atomic E-state index is 0.0855. The van der Waals surface area contributed by atoms with Gasteiger partial charge >= 0.3 is 0 Å². The van der Waals surface area contributed by atoms with Crippen molar-refractivity contribution in [1.82, 2.24) is 0 Å². The van der Waals surface area contributed by atoms with Gasteiger partial charge in [-0.25, -0.2) is 12.8 Å². The molecule has 3 rings (SSSR count). The van der Waals surface area contributed by atoms with Crippen LogP contribution in [-0.2, 0) is 14.8 Å². The number of benzene rings is 3. The van der Waals surface area contributed by atoms with Gasteiger partial charge in [-0.2, -0.15) is 0 Å². The van der Waals surface area contributed by atoms with Crippen LogP contribution in [0.2, 0.25) is 0 Å². The summed E-state index contributed by atoms with van der Waals surface area (Å²) in [6.45, 7) is 3.77. The zero-order chi connectivity index (χ0) is 21.7. The van der Waals surface area contributed by atoms with E-state index >= 15 is 0 Å². The number of aryl methyl sites for hydroxylation is 2. The molecule has 0 unspecified atom stereocenters. The lowest BCUT2D eigenvalue weighted by Crippen LogP contribution is -2.14. The summed E-state index contributed by atoms with van der Waals surface area (Å²) in [7, 11) is -3.75. The Hall–Kier alpha value is -3.45. The molecule has 3 aromatic rings. The van der Waals surface area contributed by atoms with Crippen molar-refractivity contribution in [3.63, 3.8) is 0 Å². The third kappa shape index (κ3) is 5.55. The highest BCUT2D eigenvalue weighted by atomic mass is 32.2. The lowest BCUT2D eigenvalue weighted by atomic mass is 10.1. The van der Waals surface area contributed by atoms with Crippen LogP contribution in [0, 0.1) is 19.7 Å². The Morgan fingerprint density at radius 1 is 0.933 bits per heavy atom. The molecule has 0 radical (unpaired) electrons. The number of halogens is 1. The van der Waals surface area contributed by atoms with Gasteiger partial charge < -0.3 is 5.32 Å². The SMILES string of the molecule is Cc1ccc(NS(=O)(=O)c2ccc(NC(=O)/C=C/c3ccc(F)cc3)cc2)c(C)c1. The molecule has 0 bridgehead atoms. The Bertz CT molecular complexity index is 1190. The molecule has 0 saturated carbocycles. The van der Waals surface area contributed by atoms with Crippen LogP contribution in [0.3, 0.4) is 0 Å². The van der Waals surface area contributed by atoms with E-state index in [1.54, 1.807) is 24.3 Å². The Balaban J connectivity index is 1.66. The third-order valence-corrected chi connectivity index (χ3v) is 5.74. The molecule has 0 atom stereocenters. The first-order chi connectivity index (χ1) is 14.2. The molecule has 7 heteroatoms. The average Bonchev–Trinajstić information content (AvgIpc) is 2.70. The molecule has 1 amide bonds. The smallest absolute Gasteiger partial charge is 0.261 e. The minimum Gasteiger partial charge on any atom is -0.323 e. The van der Waals surface area contributed by atoms with Gasteiger partial charge in [0.05, 0.1) is 10.6 Å². The first-order valence-electron chi connectivity index (χ1n) is 9.18. The summed E-state index contributed by atoms with van der Waals surface area (Å²) in [4.78, 5) is 12.1. The summed E-state index contributed by atoms with van der Waals surface area (Å²) in [6, 6.07) is 17.1. The predicted octanol–water partition coefficient (Wildman–Crippen LogP) is 4.90. The van der Waals surface area contributed by atoms with Crippen LogP contribution in [0.1, 0.15) is 16.7 Å². The first kappa shape index (κ1) is 21.3. The molecule has 5 nitrogen and oxygen atoms in total. The number of carbonyl (C=O) groups is 1. The van der Waals surface area contributed by atoms with Crippen LogP contribution in [0.25, 0.3) is 6.08 Å². The van der Waals surface area contributed by atoms with E-state index in [0.717, 1.165) is 11.1 Å². The van der Waals surface area contributed by atoms with E-state index in [2.05, 4.69) is 10.0 Å². The summed E-state index contributed by atoms with van der Waals surface area (Å²) in [5, 5.41) is 2.65. The molecule has 3 aromatic carbocycles. The molecule has 0 aromatic heterocycles. The maximum atomic E-state index is 12.9. The van der Waals surface area contributed by atoms with Gasteiger partial charge in [-0.15, -0.1) is 0 Å². The van der Waals surface area contributed by atoms with Crippen molar-refractivity contribution in [3.8, 4) is 0 Å². The number of nitrogens with one attached hydrogen (secondary N) is 2. The second-order valence-corrected chi connectivity index (χ2v) is 8.50. The molecule has 0 saturated heterocycles. The van der Waals surface area contributed by atoms with Gasteiger partial charge in [0.1, 0.15) is 5.82 Å². The standard InChI is InChI=1S/C23H21FN2O3S/c1-16-3-13-22(17(2)15-16)26-30(28,29)21-11-9-20(10-12-21)25-23(27)14-6-18-4-7-19(24)8-5-18/h3-15,26H,1-2H3,(H,25,27)/b14-6+. The summed E-state index contributed by atoms with van der Waals surface area (Å²) < 4.78 is 40.7. The number of hydrogen-bond donors (Lipinski definition) is 2. The van der Waals surface area contributed by atoms with E-state index in [9.17, 15) is 17.6 Å². The molecule has 154 valence electrons. The van der Waals surface area contributed by atoms with Crippen molar-refractivity contribution in [2.75, 3.05) is 10.0 Å². The lowest BCUT2D eigenvalue weighted by Gasteiger charge is -2.11. The maximum absolute atomic E-state index is 12.9. The van der Waals surface area contributed by atoms with E-state index in [1.165, 1.54) is 42.5 Å². The van der Waals surface area contributed by atoms with Crippen molar-refractivity contribution < 1.29 is 17.6 Å². The van der Waals surface area contributed by atoms with Crippen molar-refractivity contribution in [1.29, 1.82) is 0 Å². The largest absolute Gasteiger partial charge is 0.323 e. The van der Waals surface area contributed by atoms with Gasteiger partial charge in [0.25, 0.3) is 10.0 Å². The second-order valence-electron chi connectivity index (χ2n) is 6.82. The van der Waals surface area contributed by atoms with Crippen LogP contribution >= 0.6 is 0 Å². The topological polar surface area (TPSA) is 75.3 Å². The van der Waals surface area contributed by atoms with Crippen LogP contribution in [0.15, 0.2) is 77.7 Å². The number of rotatable bonds is 6. The second kappa shape index (κ2) is 8.92. The number of carbonyl (C=O) groups excluding carboxylic acids is 1. The Kier molecular flexibility index (Phi) is 6.32. The summed E-state index contributed by atoms with van der Waals surface area (Å²) >= 11 is 0. The average molecular weight is 424 g/mol. The summed E-state index contributed by atoms with van der Waals surface area (Å²) in [5.41, 5.74) is 3.53. The normalized spacial score (nSPS) is 11.4. The van der Waals surface area contributed by atoms with Gasteiger partial charge in [-0.1, -0.05) is 29.8 Å². The van der Waals surface area contributed by atoms with Crippen molar-refractivity contribution in [3.05, 3.63) is 95.3 Å². The fourth-order valence-electron chi connectivity index (χ4n) is 2.78. The Morgan fingerprint density at radius 3 is 2.23 bits per heavy atom. The molecular weight excluding hydrogens is 403 g/mol. The van der Waals surface area contributed by atoms with Crippen LogP contribution in [0.4, 0.5) is 15.8 Å². The number of hydrogen-bond acceptors (Lipinski definition) is 3. The van der Waals surface area contributed by atoms with Gasteiger partial charge in [-0.3, -0.25) is 9.52 Å². The molecule has 0 aliphatic carbocycles. The van der Waals surface area contributed by atoms with E-state index in [-0.39, 0.29) is 16.6 Å². The molecule has 0 aliphatic rings. The van der Waals surface area contributed by atoms with Gasteiger partial charge in [0, 0.05) is 11.8 Å². The molecule has 0 aliphatic heterocycles. The number of sulfonamides is 1. The van der Waals surface area contributed by atoms with Gasteiger partial charge in [0.15, 0.2) is 0 Å². The molecular formula is C23H21FN2O3S. The monoisotopic (exact) mass is 424 g/mol. The first-order valence-corrected chi connectivity index (χ1v) is 10.7. The summed E-state index contributed by atoms with van der Waals surface area (Å²) in [6.07, 6.45) is 2.88. The Labute approximate surface area is 175 Å². The van der Waals surface area contributed by atoms with Crippen molar-refractivity contribution in [2.45, 2.75) is 18.7 Å². The van der Waals surface area contributed by atoms with Crippen molar-refractivity contribution in [2.24, 2.45) is 0 Å². The zero-order valence-electron chi connectivity index (χ0n) is 16.5. The van der Waals surface area contributed by atoms with E-state index in [4.69, 9.17) is 0 Å². The summed E-state index contributed by atoms with van der Waals surface area (Å²) in [5.74, 6) is -0.734. The lowest BCUT2D eigenvalue weighted by molar-refractivity contribution is -0.111. The fourth-order valence-corrected chi connectivity index (χ4v) is 3.91. The van der Waals surface area contributed by atoms with E-state index in [0.29, 0.717) is 16.9 Å². The molecule has 2 N–H and O–H groups in total.